The van der Waals surface area contributed by atoms with E-state index in [1.54, 1.807) is 50.6 Å². The van der Waals surface area contributed by atoms with Crippen molar-refractivity contribution >= 4 is 11.8 Å². The molecule has 2 aromatic rings. The first-order valence-electron chi connectivity index (χ1n) is 12.4. The third-order valence-corrected chi connectivity index (χ3v) is 7.58. The van der Waals surface area contributed by atoms with E-state index in [0.717, 1.165) is 0 Å². The maximum atomic E-state index is 13.3. The highest BCUT2D eigenvalue weighted by molar-refractivity contribution is 6.07. The second-order valence-electron chi connectivity index (χ2n) is 9.64. The molecule has 0 bridgehead atoms. The van der Waals surface area contributed by atoms with Crippen molar-refractivity contribution in [2.45, 2.75) is 31.8 Å². The summed E-state index contributed by atoms with van der Waals surface area (Å²) in [5.74, 6) is 0.674. The van der Waals surface area contributed by atoms with E-state index in [1.807, 2.05) is 12.1 Å². The number of Topliss-reactive ketones (excluding diaryl/α,β-unsaturated/α-hetero) is 1. The van der Waals surface area contributed by atoms with Crippen LogP contribution in [0.25, 0.3) is 0 Å². The van der Waals surface area contributed by atoms with Crippen molar-refractivity contribution < 1.29 is 38.0 Å². The van der Waals surface area contributed by atoms with Crippen LogP contribution < -0.4 is 14.2 Å². The summed E-state index contributed by atoms with van der Waals surface area (Å²) in [5, 5.41) is 0. The van der Waals surface area contributed by atoms with Gasteiger partial charge in [-0.15, -0.1) is 0 Å². The highest BCUT2D eigenvalue weighted by atomic mass is 16.5. The molecular weight excluding hydrogens is 488 g/mol. The van der Waals surface area contributed by atoms with Crippen molar-refractivity contribution in [1.29, 1.82) is 0 Å². The van der Waals surface area contributed by atoms with Gasteiger partial charge in [0.25, 0.3) is 5.78 Å². The molecule has 3 unspecified atom stereocenters. The minimum Gasteiger partial charge on any atom is -0.493 e. The molecule has 8 heteroatoms. The number of allylic oxidation sites excluding steroid dienone is 2. The topological polar surface area (TPSA) is 89.5 Å². The Morgan fingerprint density at radius 1 is 0.842 bits per heavy atom. The number of hydrogen-bond donors (Lipinski definition) is 0. The van der Waals surface area contributed by atoms with E-state index in [-0.39, 0.29) is 29.1 Å². The molecule has 1 spiro atoms. The molecule has 0 aliphatic heterocycles. The lowest BCUT2D eigenvalue weighted by Gasteiger charge is -2.35. The number of ketones is 1. The summed E-state index contributed by atoms with van der Waals surface area (Å²) in [7, 11) is 7.53. The molecule has 202 valence electrons. The SMILES string of the molecule is COC1=CC2(C=C(OC)C1=O)CC(C)C(C)C(OC(=O)c1ccccc1)c1cc(OC)c(OC)c(OC)c12. The third kappa shape index (κ3) is 4.48. The number of hydrogen-bond acceptors (Lipinski definition) is 8. The molecule has 0 amide bonds. The molecule has 3 atom stereocenters. The van der Waals surface area contributed by atoms with Crippen molar-refractivity contribution in [3.05, 3.63) is 76.8 Å². The number of fused-ring (bicyclic) bond motifs is 2. The zero-order valence-electron chi connectivity index (χ0n) is 22.8. The highest BCUT2D eigenvalue weighted by Gasteiger charge is 2.49. The van der Waals surface area contributed by atoms with E-state index in [2.05, 4.69) is 13.8 Å². The van der Waals surface area contributed by atoms with E-state index in [0.29, 0.717) is 40.4 Å². The van der Waals surface area contributed by atoms with Gasteiger partial charge in [-0.2, -0.15) is 0 Å². The smallest absolute Gasteiger partial charge is 0.338 e. The van der Waals surface area contributed by atoms with Crippen LogP contribution in [0, 0.1) is 11.8 Å². The molecule has 8 nitrogen and oxygen atoms in total. The van der Waals surface area contributed by atoms with E-state index >= 15 is 0 Å². The van der Waals surface area contributed by atoms with Gasteiger partial charge in [-0.25, -0.2) is 4.79 Å². The summed E-state index contributed by atoms with van der Waals surface area (Å²) in [5.41, 5.74) is 0.934. The number of carbonyl (C=O) groups excluding carboxylic acids is 2. The zero-order chi connectivity index (χ0) is 27.6. The van der Waals surface area contributed by atoms with Crippen LogP contribution in [0.4, 0.5) is 0 Å². The highest BCUT2D eigenvalue weighted by Crippen LogP contribution is 2.57. The molecule has 4 rings (SSSR count). The van der Waals surface area contributed by atoms with Crippen molar-refractivity contribution in [2.75, 3.05) is 35.5 Å². The third-order valence-electron chi connectivity index (χ3n) is 7.58. The first-order valence-corrected chi connectivity index (χ1v) is 12.4. The predicted octanol–water partition coefficient (Wildman–Crippen LogP) is 5.17. The molecule has 0 fully saturated rings. The number of ether oxygens (including phenoxy) is 6. The quantitative estimate of drug-likeness (QED) is 0.461. The Bertz CT molecular complexity index is 1250. The first-order chi connectivity index (χ1) is 18.2. The minimum atomic E-state index is -0.896. The number of methoxy groups -OCH3 is 5. The zero-order valence-corrected chi connectivity index (χ0v) is 22.8. The van der Waals surface area contributed by atoms with Crippen molar-refractivity contribution in [2.24, 2.45) is 11.8 Å². The molecule has 0 N–H and O–H groups in total. The average Bonchev–Trinajstić information content (AvgIpc) is 3.02. The number of esters is 1. The molecule has 0 heterocycles. The van der Waals surface area contributed by atoms with Gasteiger partial charge in [0.1, 0.15) is 6.10 Å². The average molecular weight is 523 g/mol. The number of carbonyl (C=O) groups is 2. The molecule has 38 heavy (non-hydrogen) atoms. The van der Waals surface area contributed by atoms with Gasteiger partial charge in [0.15, 0.2) is 23.0 Å². The van der Waals surface area contributed by atoms with Gasteiger partial charge >= 0.3 is 5.97 Å². The second kappa shape index (κ2) is 10.8. The molecule has 2 aliphatic rings. The molecule has 0 saturated carbocycles. The Balaban J connectivity index is 2.05. The van der Waals surface area contributed by atoms with Gasteiger partial charge < -0.3 is 28.4 Å². The number of rotatable bonds is 7. The number of benzene rings is 2. The van der Waals surface area contributed by atoms with Crippen LogP contribution in [0.1, 0.15) is 47.9 Å². The fraction of sp³-hybridized carbons (Fsp3) is 0.400. The Morgan fingerprint density at radius 3 is 1.97 bits per heavy atom. The summed E-state index contributed by atoms with van der Waals surface area (Å²) >= 11 is 0. The molecule has 0 aromatic heterocycles. The van der Waals surface area contributed by atoms with Crippen LogP contribution >= 0.6 is 0 Å². The summed E-state index contributed by atoms with van der Waals surface area (Å²) in [4.78, 5) is 26.3. The van der Waals surface area contributed by atoms with Crippen molar-refractivity contribution in [1.82, 2.24) is 0 Å². The summed E-state index contributed by atoms with van der Waals surface area (Å²) in [6, 6.07) is 10.7. The monoisotopic (exact) mass is 522 g/mol. The Labute approximate surface area is 223 Å². The predicted molar refractivity (Wildman–Crippen MR) is 141 cm³/mol. The van der Waals surface area contributed by atoms with E-state index in [9.17, 15) is 9.59 Å². The van der Waals surface area contributed by atoms with Crippen LogP contribution in [-0.2, 0) is 24.4 Å². The van der Waals surface area contributed by atoms with Crippen molar-refractivity contribution in [3.63, 3.8) is 0 Å². The van der Waals surface area contributed by atoms with Gasteiger partial charge in [-0.3, -0.25) is 4.79 Å². The van der Waals surface area contributed by atoms with Crippen LogP contribution in [0.3, 0.4) is 0 Å². The van der Waals surface area contributed by atoms with Gasteiger partial charge in [-0.1, -0.05) is 32.0 Å². The lowest BCUT2D eigenvalue weighted by molar-refractivity contribution is -0.118. The van der Waals surface area contributed by atoms with Gasteiger partial charge in [-0.05, 0) is 42.7 Å². The summed E-state index contributed by atoms with van der Waals surface area (Å²) < 4.78 is 34.6. The summed E-state index contributed by atoms with van der Waals surface area (Å²) in [6.07, 6.45) is 3.50. The summed E-state index contributed by atoms with van der Waals surface area (Å²) in [6.45, 7) is 4.15. The maximum absolute atomic E-state index is 13.3. The van der Waals surface area contributed by atoms with Gasteiger partial charge in [0, 0.05) is 22.5 Å². The molecular formula is C30H34O8. The Morgan fingerprint density at radius 2 is 1.45 bits per heavy atom. The van der Waals surface area contributed by atoms with Gasteiger partial charge in [0.05, 0.1) is 41.1 Å². The van der Waals surface area contributed by atoms with Crippen LogP contribution in [0.5, 0.6) is 17.2 Å². The molecule has 0 saturated heterocycles. The fourth-order valence-corrected chi connectivity index (χ4v) is 5.54. The lowest BCUT2D eigenvalue weighted by atomic mass is 9.70. The van der Waals surface area contributed by atoms with E-state index in [4.69, 9.17) is 28.4 Å². The van der Waals surface area contributed by atoms with E-state index in [1.165, 1.54) is 21.3 Å². The van der Waals surface area contributed by atoms with Crippen LogP contribution in [-0.4, -0.2) is 47.3 Å². The largest absolute Gasteiger partial charge is 0.493 e. The van der Waals surface area contributed by atoms with Gasteiger partial charge in [0.2, 0.25) is 5.75 Å². The standard InChI is InChI=1S/C30H34O8/c1-17-14-30(15-22(34-4)25(31)23(16-30)35-5)24-20(13-21(33-3)27(36-6)28(24)37-7)26(18(17)2)38-29(32)19-11-9-8-10-12-19/h8-13,15-18,26H,14H2,1-7H3. The minimum absolute atomic E-state index is 0.0228. The first kappa shape index (κ1) is 27.1. The Kier molecular flexibility index (Phi) is 7.71. The Hall–Kier alpha value is -3.94. The molecule has 0 radical (unpaired) electrons. The maximum Gasteiger partial charge on any atom is 0.338 e. The van der Waals surface area contributed by atoms with E-state index < -0.39 is 17.5 Å². The lowest BCUT2D eigenvalue weighted by Crippen LogP contribution is -2.32. The van der Waals surface area contributed by atoms with Crippen LogP contribution in [0.2, 0.25) is 0 Å². The van der Waals surface area contributed by atoms with Crippen molar-refractivity contribution in [3.8, 4) is 17.2 Å². The molecule has 2 aliphatic carbocycles. The fourth-order valence-electron chi connectivity index (χ4n) is 5.54. The second-order valence-corrected chi connectivity index (χ2v) is 9.64. The normalized spacial score (nSPS) is 21.9. The van der Waals surface area contributed by atoms with Crippen LogP contribution in [0.15, 0.2) is 60.1 Å². The molecule has 2 aromatic carbocycles.